The van der Waals surface area contributed by atoms with Gasteiger partial charge in [-0.05, 0) is 48.2 Å². The maximum atomic E-state index is 6.05. The molecule has 0 aliphatic carbocycles. The Bertz CT molecular complexity index is 568. The average Bonchev–Trinajstić information content (AvgIpc) is 2.42. The molecule has 0 radical (unpaired) electrons. The lowest BCUT2D eigenvalue weighted by Gasteiger charge is -2.12. The summed E-state index contributed by atoms with van der Waals surface area (Å²) in [6.45, 7) is 2.02. The fourth-order valence-electron chi connectivity index (χ4n) is 1.99. The molecule has 1 unspecified atom stereocenters. The van der Waals surface area contributed by atoms with Gasteiger partial charge in [0.2, 0.25) is 0 Å². The van der Waals surface area contributed by atoms with Crippen molar-refractivity contribution in [3.8, 4) is 5.75 Å². The summed E-state index contributed by atoms with van der Waals surface area (Å²) in [6.07, 6.45) is 0.915. The third kappa shape index (κ3) is 3.74. The molecule has 0 saturated carbocycles. The Kier molecular flexibility index (Phi) is 4.89. The van der Waals surface area contributed by atoms with Gasteiger partial charge in [-0.1, -0.05) is 51.8 Å². The number of alkyl halides is 1. The Morgan fingerprint density at radius 2 is 2.00 bits per heavy atom. The Morgan fingerprint density at radius 1 is 1.21 bits per heavy atom. The van der Waals surface area contributed by atoms with E-state index in [9.17, 15) is 0 Å². The summed E-state index contributed by atoms with van der Waals surface area (Å²) in [5, 5.41) is 0.810. The van der Waals surface area contributed by atoms with Gasteiger partial charge in [0.25, 0.3) is 0 Å². The minimum Gasteiger partial charge on any atom is -0.497 e. The normalized spacial score (nSPS) is 12.2. The van der Waals surface area contributed by atoms with Gasteiger partial charge in [-0.15, -0.1) is 0 Å². The minimum absolute atomic E-state index is 0.274. The molecular weight excluding hydrogens is 324 g/mol. The van der Waals surface area contributed by atoms with Gasteiger partial charge in [0, 0.05) is 9.85 Å². The largest absolute Gasteiger partial charge is 0.497 e. The topological polar surface area (TPSA) is 9.23 Å². The van der Waals surface area contributed by atoms with Crippen LogP contribution in [0.1, 0.15) is 21.5 Å². The van der Waals surface area contributed by atoms with Crippen LogP contribution in [0.4, 0.5) is 0 Å². The van der Waals surface area contributed by atoms with E-state index >= 15 is 0 Å². The number of methoxy groups -OCH3 is 1. The molecule has 0 amide bonds. The Morgan fingerprint density at radius 3 is 2.68 bits per heavy atom. The monoisotopic (exact) mass is 338 g/mol. The first-order chi connectivity index (χ1) is 9.10. The number of hydrogen-bond acceptors (Lipinski definition) is 1. The van der Waals surface area contributed by atoms with Crippen molar-refractivity contribution in [2.75, 3.05) is 7.11 Å². The summed E-state index contributed by atoms with van der Waals surface area (Å²) < 4.78 is 5.24. The van der Waals surface area contributed by atoms with E-state index < -0.39 is 0 Å². The molecule has 0 aliphatic heterocycles. The van der Waals surface area contributed by atoms with E-state index in [1.807, 2.05) is 25.1 Å². The SMILES string of the molecule is COc1cccc(CC(Br)c2ccc(Cl)c(C)c2)c1. The Balaban J connectivity index is 2.15. The highest BCUT2D eigenvalue weighted by atomic mass is 79.9. The highest BCUT2D eigenvalue weighted by Crippen LogP contribution is 2.30. The number of rotatable bonds is 4. The molecule has 2 rings (SSSR count). The van der Waals surface area contributed by atoms with Gasteiger partial charge < -0.3 is 4.74 Å². The zero-order valence-corrected chi connectivity index (χ0v) is 13.3. The quantitative estimate of drug-likeness (QED) is 0.684. The van der Waals surface area contributed by atoms with Crippen LogP contribution in [0.5, 0.6) is 5.75 Å². The third-order valence-corrected chi connectivity index (χ3v) is 4.37. The van der Waals surface area contributed by atoms with Crippen LogP contribution in [0, 0.1) is 6.92 Å². The summed E-state index contributed by atoms with van der Waals surface area (Å²) in [7, 11) is 1.69. The van der Waals surface area contributed by atoms with E-state index in [0.717, 1.165) is 22.8 Å². The van der Waals surface area contributed by atoms with E-state index in [1.54, 1.807) is 7.11 Å². The number of halogens is 2. The summed E-state index contributed by atoms with van der Waals surface area (Å²) in [6, 6.07) is 14.3. The van der Waals surface area contributed by atoms with E-state index in [-0.39, 0.29) is 4.83 Å². The van der Waals surface area contributed by atoms with Crippen LogP contribution in [-0.4, -0.2) is 7.11 Å². The summed E-state index contributed by atoms with van der Waals surface area (Å²) >= 11 is 9.80. The lowest BCUT2D eigenvalue weighted by Crippen LogP contribution is -1.96. The molecule has 19 heavy (non-hydrogen) atoms. The zero-order chi connectivity index (χ0) is 13.8. The maximum Gasteiger partial charge on any atom is 0.119 e. The number of aryl methyl sites for hydroxylation is 1. The molecule has 1 atom stereocenters. The molecule has 0 bridgehead atoms. The molecule has 0 saturated heterocycles. The first kappa shape index (κ1) is 14.4. The van der Waals surface area contributed by atoms with E-state index in [2.05, 4.69) is 40.2 Å². The summed E-state index contributed by atoms with van der Waals surface area (Å²) in [4.78, 5) is 0.274. The molecule has 1 nitrogen and oxygen atoms in total. The van der Waals surface area contributed by atoms with Gasteiger partial charge in [-0.3, -0.25) is 0 Å². The lowest BCUT2D eigenvalue weighted by atomic mass is 10.0. The van der Waals surface area contributed by atoms with Crippen LogP contribution < -0.4 is 4.74 Å². The smallest absolute Gasteiger partial charge is 0.119 e. The van der Waals surface area contributed by atoms with Crippen LogP contribution in [-0.2, 0) is 6.42 Å². The fourth-order valence-corrected chi connectivity index (χ4v) is 2.76. The molecule has 0 fully saturated rings. The van der Waals surface area contributed by atoms with Crippen molar-refractivity contribution < 1.29 is 4.74 Å². The van der Waals surface area contributed by atoms with Gasteiger partial charge in [-0.25, -0.2) is 0 Å². The summed E-state index contributed by atoms with van der Waals surface area (Å²) in [5.41, 5.74) is 3.59. The van der Waals surface area contributed by atoms with Crippen LogP contribution >= 0.6 is 27.5 Å². The van der Waals surface area contributed by atoms with Gasteiger partial charge in [0.15, 0.2) is 0 Å². The van der Waals surface area contributed by atoms with E-state index in [0.29, 0.717) is 0 Å². The molecule has 3 heteroatoms. The second-order valence-electron chi connectivity index (χ2n) is 4.53. The van der Waals surface area contributed by atoms with E-state index in [4.69, 9.17) is 16.3 Å². The van der Waals surface area contributed by atoms with Crippen molar-refractivity contribution in [3.05, 3.63) is 64.2 Å². The van der Waals surface area contributed by atoms with Crippen LogP contribution in [0.2, 0.25) is 5.02 Å². The Labute approximate surface area is 127 Å². The highest BCUT2D eigenvalue weighted by Gasteiger charge is 2.10. The number of ether oxygens (including phenoxy) is 1. The number of benzene rings is 2. The van der Waals surface area contributed by atoms with Crippen molar-refractivity contribution >= 4 is 27.5 Å². The van der Waals surface area contributed by atoms with Crippen LogP contribution in [0.3, 0.4) is 0 Å². The predicted molar refractivity (Wildman–Crippen MR) is 84.6 cm³/mol. The van der Waals surface area contributed by atoms with Gasteiger partial charge >= 0.3 is 0 Å². The Hall–Kier alpha value is -0.990. The standard InChI is InChI=1S/C16H16BrClO/c1-11-8-13(6-7-16(11)18)15(17)10-12-4-3-5-14(9-12)19-2/h3-9,15H,10H2,1-2H3. The van der Waals surface area contributed by atoms with Gasteiger partial charge in [0.1, 0.15) is 5.75 Å². The van der Waals surface area contributed by atoms with Crippen molar-refractivity contribution in [1.29, 1.82) is 0 Å². The molecule has 100 valence electrons. The van der Waals surface area contributed by atoms with Crippen molar-refractivity contribution in [1.82, 2.24) is 0 Å². The second-order valence-corrected chi connectivity index (χ2v) is 6.04. The fraction of sp³-hybridized carbons (Fsp3) is 0.250. The second kappa shape index (κ2) is 6.44. The maximum absolute atomic E-state index is 6.05. The molecule has 0 N–H and O–H groups in total. The zero-order valence-electron chi connectivity index (χ0n) is 11.0. The average molecular weight is 340 g/mol. The molecule has 0 aliphatic rings. The molecule has 2 aromatic rings. The van der Waals surface area contributed by atoms with Gasteiger partial charge in [0.05, 0.1) is 7.11 Å². The lowest BCUT2D eigenvalue weighted by molar-refractivity contribution is 0.414. The first-order valence-electron chi connectivity index (χ1n) is 6.13. The molecule has 0 spiro atoms. The molecular formula is C16H16BrClO. The number of hydrogen-bond donors (Lipinski definition) is 0. The highest BCUT2D eigenvalue weighted by molar-refractivity contribution is 9.09. The van der Waals surface area contributed by atoms with E-state index in [1.165, 1.54) is 11.1 Å². The van der Waals surface area contributed by atoms with Crippen LogP contribution in [0.15, 0.2) is 42.5 Å². The molecule has 2 aromatic carbocycles. The predicted octanol–water partition coefficient (Wildman–Crippen LogP) is 5.34. The van der Waals surface area contributed by atoms with Crippen molar-refractivity contribution in [2.45, 2.75) is 18.2 Å². The molecule has 0 heterocycles. The third-order valence-electron chi connectivity index (χ3n) is 3.09. The summed E-state index contributed by atoms with van der Waals surface area (Å²) in [5.74, 6) is 0.893. The minimum atomic E-state index is 0.274. The first-order valence-corrected chi connectivity index (χ1v) is 7.42. The van der Waals surface area contributed by atoms with Crippen LogP contribution in [0.25, 0.3) is 0 Å². The van der Waals surface area contributed by atoms with Gasteiger partial charge in [-0.2, -0.15) is 0 Å². The van der Waals surface area contributed by atoms with Crippen molar-refractivity contribution in [2.24, 2.45) is 0 Å². The van der Waals surface area contributed by atoms with Crippen molar-refractivity contribution in [3.63, 3.8) is 0 Å². The molecule has 0 aromatic heterocycles.